The van der Waals surface area contributed by atoms with Gasteiger partial charge in [-0.15, -0.1) is 0 Å². The number of fused-ring (bicyclic) bond motifs is 1. The predicted molar refractivity (Wildman–Crippen MR) is 110 cm³/mol. The molecular formula is C20H21FN8O. The number of aromatic nitrogens is 1. The number of nitrogen functional groups attached to an aromatic ring is 2. The summed E-state index contributed by atoms with van der Waals surface area (Å²) in [7, 11) is 0. The predicted octanol–water partition coefficient (Wildman–Crippen LogP) is 2.52. The summed E-state index contributed by atoms with van der Waals surface area (Å²) in [6.45, 7) is 2.78. The van der Waals surface area contributed by atoms with Gasteiger partial charge in [0.2, 0.25) is 5.96 Å². The fraction of sp³-hybridized carbons (Fsp3) is 0.300. The van der Waals surface area contributed by atoms with Crippen LogP contribution in [0.15, 0.2) is 23.2 Å². The maximum Gasteiger partial charge on any atom is 0.211 e. The summed E-state index contributed by atoms with van der Waals surface area (Å²) in [4.78, 5) is 8.58. The molecule has 0 spiro atoms. The fourth-order valence-corrected chi connectivity index (χ4v) is 3.10. The van der Waals surface area contributed by atoms with E-state index in [1.165, 1.54) is 6.07 Å². The Bertz CT molecular complexity index is 1070. The first kappa shape index (κ1) is 20.8. The van der Waals surface area contributed by atoms with Gasteiger partial charge in [0.05, 0.1) is 12.3 Å². The molecule has 0 amide bonds. The van der Waals surface area contributed by atoms with Crippen LogP contribution in [0.1, 0.15) is 48.1 Å². The molecule has 6 N–H and O–H groups in total. The highest BCUT2D eigenvalue weighted by Crippen LogP contribution is 2.40. The lowest BCUT2D eigenvalue weighted by Crippen LogP contribution is -2.32. The number of anilines is 3. The van der Waals surface area contributed by atoms with Crippen molar-refractivity contribution in [1.29, 1.82) is 10.5 Å². The molecule has 0 radical (unpaired) electrons. The van der Waals surface area contributed by atoms with Crippen molar-refractivity contribution in [3.8, 4) is 12.3 Å². The van der Waals surface area contributed by atoms with Crippen molar-refractivity contribution < 1.29 is 9.13 Å². The summed E-state index contributed by atoms with van der Waals surface area (Å²) >= 11 is 0. The SMILES string of the molecule is CCCCOCc1ccc(C2N=C(NC#N)Nc3nc(N)c(C#N)c(N)c32)cc1F. The van der Waals surface area contributed by atoms with Crippen LogP contribution in [0.25, 0.3) is 0 Å². The summed E-state index contributed by atoms with van der Waals surface area (Å²) in [6, 6.07) is 5.81. The van der Waals surface area contributed by atoms with Crippen molar-refractivity contribution >= 4 is 23.3 Å². The number of hydrogen-bond donors (Lipinski definition) is 4. The van der Waals surface area contributed by atoms with E-state index >= 15 is 0 Å². The second kappa shape index (κ2) is 9.07. The minimum atomic E-state index is -0.790. The molecule has 1 unspecified atom stereocenters. The molecule has 0 saturated carbocycles. The van der Waals surface area contributed by atoms with Crippen LogP contribution in [-0.4, -0.2) is 17.6 Å². The Hall–Kier alpha value is -3.89. The molecule has 1 aliphatic heterocycles. The third-order valence-electron chi connectivity index (χ3n) is 4.65. The Morgan fingerprint density at radius 1 is 1.33 bits per heavy atom. The summed E-state index contributed by atoms with van der Waals surface area (Å²) in [6.07, 6.45) is 3.68. The van der Waals surface area contributed by atoms with E-state index in [4.69, 9.17) is 21.5 Å². The van der Waals surface area contributed by atoms with Crippen LogP contribution >= 0.6 is 0 Å². The van der Waals surface area contributed by atoms with Crippen LogP contribution < -0.4 is 22.1 Å². The van der Waals surface area contributed by atoms with Gasteiger partial charge in [0.1, 0.15) is 35.1 Å². The minimum Gasteiger partial charge on any atom is -0.397 e. The van der Waals surface area contributed by atoms with Crippen molar-refractivity contribution in [3.05, 3.63) is 46.3 Å². The van der Waals surface area contributed by atoms with E-state index in [1.54, 1.807) is 18.3 Å². The molecule has 30 heavy (non-hydrogen) atoms. The number of hydrogen-bond acceptors (Lipinski definition) is 9. The lowest BCUT2D eigenvalue weighted by atomic mass is 9.94. The first-order valence-electron chi connectivity index (χ1n) is 9.35. The zero-order valence-corrected chi connectivity index (χ0v) is 16.4. The highest BCUT2D eigenvalue weighted by atomic mass is 19.1. The Kier molecular flexibility index (Phi) is 6.30. The van der Waals surface area contributed by atoms with Crippen LogP contribution in [0.3, 0.4) is 0 Å². The third-order valence-corrected chi connectivity index (χ3v) is 4.65. The highest BCUT2D eigenvalue weighted by Gasteiger charge is 2.30. The lowest BCUT2D eigenvalue weighted by molar-refractivity contribution is 0.115. The number of pyridine rings is 1. The van der Waals surface area contributed by atoms with Crippen LogP contribution in [0.2, 0.25) is 0 Å². The standard InChI is InChI=1S/C20H21FN8O/c1-2-3-6-30-9-12-5-4-11(7-14(12)21)17-15-16(24)13(8-22)18(25)28-19(15)29-20(27-17)26-10-23/h4-5,7,17H,2-3,6,9H2,1H3,(H6,24,25,26,27,28,29). The molecule has 0 bridgehead atoms. The van der Waals surface area contributed by atoms with Crippen molar-refractivity contribution in [3.63, 3.8) is 0 Å². The molecule has 0 fully saturated rings. The zero-order valence-electron chi connectivity index (χ0n) is 16.4. The number of unbranched alkanes of at least 4 members (excludes halogenated alkanes) is 1. The minimum absolute atomic E-state index is 0.0221. The number of halogens is 1. The quantitative estimate of drug-likeness (QED) is 0.322. The maximum atomic E-state index is 14.7. The van der Waals surface area contributed by atoms with Crippen LogP contribution in [0.5, 0.6) is 0 Å². The fourth-order valence-electron chi connectivity index (χ4n) is 3.10. The molecule has 1 aliphatic rings. The Balaban J connectivity index is 2.02. The van der Waals surface area contributed by atoms with Gasteiger partial charge in [-0.05, 0) is 18.1 Å². The van der Waals surface area contributed by atoms with Gasteiger partial charge >= 0.3 is 0 Å². The number of rotatable bonds is 6. The van der Waals surface area contributed by atoms with Crippen LogP contribution in [0.4, 0.5) is 21.7 Å². The van der Waals surface area contributed by atoms with E-state index < -0.39 is 11.9 Å². The highest BCUT2D eigenvalue weighted by molar-refractivity contribution is 5.98. The topological polar surface area (TPSA) is 158 Å². The Labute approximate surface area is 173 Å². The van der Waals surface area contributed by atoms with Gasteiger partial charge in [-0.3, -0.25) is 5.32 Å². The van der Waals surface area contributed by atoms with Crippen molar-refractivity contribution in [1.82, 2.24) is 10.3 Å². The average Bonchev–Trinajstić information content (AvgIpc) is 2.72. The van der Waals surface area contributed by atoms with Crippen molar-refractivity contribution in [2.45, 2.75) is 32.4 Å². The van der Waals surface area contributed by atoms with E-state index in [0.29, 0.717) is 23.3 Å². The van der Waals surface area contributed by atoms with Gasteiger partial charge in [0.15, 0.2) is 6.19 Å². The number of guanidine groups is 1. The number of nitrogens with two attached hydrogens (primary N) is 2. The Morgan fingerprint density at radius 2 is 2.13 bits per heavy atom. The zero-order chi connectivity index (χ0) is 21.7. The molecular weight excluding hydrogens is 387 g/mol. The van der Waals surface area contributed by atoms with Crippen LogP contribution in [-0.2, 0) is 11.3 Å². The first-order chi connectivity index (χ1) is 14.5. The molecule has 9 nitrogen and oxygen atoms in total. The number of nitrogens with zero attached hydrogens (tertiary/aromatic N) is 4. The van der Waals surface area contributed by atoms with Gasteiger partial charge in [0, 0.05) is 17.7 Å². The molecule has 0 aliphatic carbocycles. The molecule has 3 rings (SSSR count). The molecule has 2 aromatic rings. The van der Waals surface area contributed by atoms with E-state index in [2.05, 4.69) is 27.5 Å². The summed E-state index contributed by atoms with van der Waals surface area (Å²) in [5.74, 6) is -0.145. The van der Waals surface area contributed by atoms with Crippen LogP contribution in [0, 0.1) is 28.6 Å². The summed E-state index contributed by atoms with van der Waals surface area (Å²) in [5.41, 5.74) is 13.4. The molecule has 0 saturated heterocycles. The number of nitrogens with one attached hydrogen (secondary N) is 2. The smallest absolute Gasteiger partial charge is 0.211 e. The van der Waals surface area contributed by atoms with Gasteiger partial charge in [-0.25, -0.2) is 14.4 Å². The summed E-state index contributed by atoms with van der Waals surface area (Å²) in [5, 5.41) is 23.5. The Morgan fingerprint density at radius 3 is 2.80 bits per heavy atom. The number of nitriles is 2. The van der Waals surface area contributed by atoms with E-state index in [9.17, 15) is 9.65 Å². The monoisotopic (exact) mass is 408 g/mol. The molecule has 2 heterocycles. The van der Waals surface area contributed by atoms with E-state index in [-0.39, 0.29) is 35.5 Å². The second-order valence-corrected chi connectivity index (χ2v) is 6.66. The van der Waals surface area contributed by atoms with Gasteiger partial charge < -0.3 is 21.5 Å². The second-order valence-electron chi connectivity index (χ2n) is 6.66. The number of ether oxygens (including phenoxy) is 1. The summed E-state index contributed by atoms with van der Waals surface area (Å²) < 4.78 is 20.2. The normalized spacial score (nSPS) is 14.7. The molecule has 1 aromatic carbocycles. The molecule has 1 atom stereocenters. The van der Waals surface area contributed by atoms with Gasteiger partial charge in [-0.2, -0.15) is 10.5 Å². The average molecular weight is 408 g/mol. The largest absolute Gasteiger partial charge is 0.397 e. The van der Waals surface area contributed by atoms with Gasteiger partial charge in [0.25, 0.3) is 0 Å². The molecule has 10 heteroatoms. The van der Waals surface area contributed by atoms with Crippen molar-refractivity contribution in [2.75, 3.05) is 23.4 Å². The first-order valence-corrected chi connectivity index (χ1v) is 9.35. The third kappa shape index (κ3) is 4.09. The molecule has 154 valence electrons. The van der Waals surface area contributed by atoms with Crippen molar-refractivity contribution in [2.24, 2.45) is 4.99 Å². The number of benzene rings is 1. The van der Waals surface area contributed by atoms with E-state index in [0.717, 1.165) is 12.8 Å². The lowest BCUT2D eigenvalue weighted by Gasteiger charge is -2.26. The van der Waals surface area contributed by atoms with Gasteiger partial charge in [-0.1, -0.05) is 25.5 Å². The maximum absolute atomic E-state index is 14.7. The number of aliphatic imine (C=N–C) groups is 1. The molecule has 1 aromatic heterocycles. The van der Waals surface area contributed by atoms with E-state index in [1.807, 2.05) is 6.07 Å².